The Balaban J connectivity index is 1.84. The maximum Gasteiger partial charge on any atom is 0.271 e. The van der Waals surface area contributed by atoms with Gasteiger partial charge < -0.3 is 9.47 Å². The largest absolute Gasteiger partial charge is 0.493 e. The second kappa shape index (κ2) is 8.48. The van der Waals surface area contributed by atoms with Gasteiger partial charge in [-0.2, -0.15) is 0 Å². The maximum atomic E-state index is 13.1. The predicted molar refractivity (Wildman–Crippen MR) is 111 cm³/mol. The van der Waals surface area contributed by atoms with E-state index in [1.54, 1.807) is 25.3 Å². The fourth-order valence-corrected chi connectivity index (χ4v) is 3.47. The normalized spacial score (nSPS) is 15.6. The molecule has 1 N–H and O–H groups in total. The van der Waals surface area contributed by atoms with E-state index in [4.69, 9.17) is 14.9 Å². The number of amidine groups is 1. The molecule has 0 radical (unpaired) electrons. The number of anilines is 1. The zero-order valence-corrected chi connectivity index (χ0v) is 16.7. The van der Waals surface area contributed by atoms with E-state index in [0.717, 1.165) is 17.3 Å². The fraction of sp³-hybridized carbons (Fsp3) is 0.238. The average Bonchev–Trinajstić information content (AvgIpc) is 2.94. The summed E-state index contributed by atoms with van der Waals surface area (Å²) in [5.74, 6) is 0.903. The van der Waals surface area contributed by atoms with Crippen LogP contribution in [0.15, 0.2) is 47.4 Å². The van der Waals surface area contributed by atoms with Gasteiger partial charge in [0.25, 0.3) is 5.91 Å². The van der Waals surface area contributed by atoms with Crippen LogP contribution in [0.5, 0.6) is 11.5 Å². The number of nitrogens with one attached hydrogen (secondary N) is 1. The molecule has 28 heavy (non-hydrogen) atoms. The van der Waals surface area contributed by atoms with Gasteiger partial charge in [0.05, 0.1) is 24.3 Å². The van der Waals surface area contributed by atoms with Crippen molar-refractivity contribution in [3.63, 3.8) is 0 Å². The summed E-state index contributed by atoms with van der Waals surface area (Å²) in [5.41, 5.74) is 1.22. The van der Waals surface area contributed by atoms with Crippen LogP contribution in [-0.2, 0) is 4.79 Å². The number of halogens is 1. The molecule has 0 aliphatic carbocycles. The molecule has 5 nitrogen and oxygen atoms in total. The van der Waals surface area contributed by atoms with E-state index in [9.17, 15) is 9.18 Å². The lowest BCUT2D eigenvalue weighted by molar-refractivity contribution is -0.113. The van der Waals surface area contributed by atoms with Gasteiger partial charge in [0.1, 0.15) is 5.82 Å². The van der Waals surface area contributed by atoms with Gasteiger partial charge in [0.2, 0.25) is 0 Å². The number of hydrogen-bond donors (Lipinski definition) is 1. The third kappa shape index (κ3) is 4.36. The summed E-state index contributed by atoms with van der Waals surface area (Å²) in [6.45, 7) is 4.71. The van der Waals surface area contributed by atoms with Crippen LogP contribution in [0.25, 0.3) is 6.08 Å². The molecule has 146 valence electrons. The van der Waals surface area contributed by atoms with Gasteiger partial charge >= 0.3 is 0 Å². The number of amides is 1. The summed E-state index contributed by atoms with van der Waals surface area (Å²) in [5, 5.41) is 8.20. The molecule has 1 fully saturated rings. The van der Waals surface area contributed by atoms with E-state index >= 15 is 0 Å². The lowest BCUT2D eigenvalue weighted by Crippen LogP contribution is -2.28. The van der Waals surface area contributed by atoms with Crippen molar-refractivity contribution in [3.8, 4) is 11.5 Å². The summed E-state index contributed by atoms with van der Waals surface area (Å²) in [7, 11) is 1.57. The lowest BCUT2D eigenvalue weighted by atomic mass is 10.1. The number of ether oxygens (including phenoxy) is 2. The number of carbonyl (C=O) groups is 1. The second-order valence-corrected chi connectivity index (χ2v) is 7.68. The molecule has 0 bridgehead atoms. The molecule has 0 saturated carbocycles. The first-order valence-corrected chi connectivity index (χ1v) is 9.59. The number of methoxy groups -OCH3 is 1. The minimum absolute atomic E-state index is 0.0757. The predicted octanol–water partition coefficient (Wildman–Crippen LogP) is 4.92. The molecular formula is C21H21FN2O3S. The molecule has 1 amide bonds. The minimum Gasteiger partial charge on any atom is -0.493 e. The molecule has 3 rings (SSSR count). The van der Waals surface area contributed by atoms with Crippen molar-refractivity contribution in [2.24, 2.45) is 5.92 Å². The summed E-state index contributed by atoms with van der Waals surface area (Å²) < 4.78 is 24.3. The number of hydrogen-bond acceptors (Lipinski definition) is 5. The SMILES string of the molecule is COc1cc(/C=C2\SC(=N)N(c3ccc(F)cc3)C2=O)ccc1OCC(C)C. The number of thioether (sulfide) groups is 1. The van der Waals surface area contributed by atoms with Gasteiger partial charge in [-0.3, -0.25) is 15.1 Å². The van der Waals surface area contributed by atoms with Crippen LogP contribution in [0.3, 0.4) is 0 Å². The van der Waals surface area contributed by atoms with E-state index in [-0.39, 0.29) is 11.1 Å². The van der Waals surface area contributed by atoms with Crippen molar-refractivity contribution in [3.05, 3.63) is 58.8 Å². The van der Waals surface area contributed by atoms with Gasteiger partial charge in [-0.25, -0.2) is 4.39 Å². The lowest BCUT2D eigenvalue weighted by Gasteiger charge is -2.14. The standard InChI is InChI=1S/C21H21FN2O3S/c1-13(2)12-27-17-9-4-14(10-18(17)26-3)11-19-20(25)24(21(23)28-19)16-7-5-15(22)6-8-16/h4-11,13,23H,12H2,1-3H3/b19-11-,23-21?. The zero-order chi connectivity index (χ0) is 20.3. The van der Waals surface area contributed by atoms with E-state index in [1.807, 2.05) is 6.07 Å². The van der Waals surface area contributed by atoms with Crippen LogP contribution in [0, 0.1) is 17.1 Å². The molecule has 2 aromatic rings. The van der Waals surface area contributed by atoms with Crippen LogP contribution < -0.4 is 14.4 Å². The Labute approximate surface area is 167 Å². The zero-order valence-electron chi connectivity index (χ0n) is 15.9. The summed E-state index contributed by atoms with van der Waals surface area (Å²) in [4.78, 5) is 14.4. The molecule has 7 heteroatoms. The highest BCUT2D eigenvalue weighted by molar-refractivity contribution is 8.19. The first-order valence-electron chi connectivity index (χ1n) is 8.78. The average molecular weight is 400 g/mol. The summed E-state index contributed by atoms with van der Waals surface area (Å²) >= 11 is 1.06. The summed E-state index contributed by atoms with van der Waals surface area (Å²) in [6.07, 6.45) is 1.71. The Bertz CT molecular complexity index is 926. The first-order chi connectivity index (χ1) is 13.4. The molecule has 1 saturated heterocycles. The summed E-state index contributed by atoms with van der Waals surface area (Å²) in [6, 6.07) is 10.9. The first kappa shape index (κ1) is 19.9. The van der Waals surface area contributed by atoms with Crippen molar-refractivity contribution in [1.82, 2.24) is 0 Å². The van der Waals surface area contributed by atoms with Gasteiger partial charge in [0, 0.05) is 0 Å². The van der Waals surface area contributed by atoms with E-state index in [0.29, 0.717) is 34.6 Å². The number of rotatable bonds is 6. The van der Waals surface area contributed by atoms with Crippen molar-refractivity contribution in [1.29, 1.82) is 5.41 Å². The van der Waals surface area contributed by atoms with Gasteiger partial charge in [0.15, 0.2) is 16.7 Å². The molecule has 1 heterocycles. The Hall–Kier alpha value is -2.80. The van der Waals surface area contributed by atoms with Crippen molar-refractivity contribution in [2.75, 3.05) is 18.6 Å². The van der Waals surface area contributed by atoms with Gasteiger partial charge in [-0.1, -0.05) is 19.9 Å². The van der Waals surface area contributed by atoms with Crippen LogP contribution in [0.2, 0.25) is 0 Å². The maximum absolute atomic E-state index is 13.1. The van der Waals surface area contributed by atoms with Crippen molar-refractivity contribution in [2.45, 2.75) is 13.8 Å². The fourth-order valence-electron chi connectivity index (χ4n) is 2.61. The topological polar surface area (TPSA) is 62.6 Å². The highest BCUT2D eigenvalue weighted by Gasteiger charge is 2.33. The quantitative estimate of drug-likeness (QED) is 0.699. The third-order valence-electron chi connectivity index (χ3n) is 3.97. The molecule has 0 unspecified atom stereocenters. The van der Waals surface area contributed by atoms with E-state index < -0.39 is 5.82 Å². The second-order valence-electron chi connectivity index (χ2n) is 6.65. The highest BCUT2D eigenvalue weighted by atomic mass is 32.2. The Morgan fingerprint density at radius 3 is 2.54 bits per heavy atom. The van der Waals surface area contributed by atoms with E-state index in [2.05, 4.69) is 13.8 Å². The monoisotopic (exact) mass is 400 g/mol. The molecular weight excluding hydrogens is 379 g/mol. The molecule has 0 atom stereocenters. The van der Waals surface area contributed by atoms with Crippen molar-refractivity contribution >= 4 is 34.6 Å². The molecule has 0 aromatic heterocycles. The van der Waals surface area contributed by atoms with Gasteiger partial charge in [-0.05, 0) is 65.7 Å². The van der Waals surface area contributed by atoms with E-state index in [1.165, 1.54) is 29.2 Å². The van der Waals surface area contributed by atoms with Gasteiger partial charge in [-0.15, -0.1) is 0 Å². The van der Waals surface area contributed by atoms with Crippen LogP contribution in [-0.4, -0.2) is 24.8 Å². The Morgan fingerprint density at radius 1 is 1.18 bits per heavy atom. The van der Waals surface area contributed by atoms with Crippen LogP contribution >= 0.6 is 11.8 Å². The van der Waals surface area contributed by atoms with Crippen molar-refractivity contribution < 1.29 is 18.7 Å². The molecule has 1 aliphatic rings. The molecule has 2 aromatic carbocycles. The number of nitrogens with zero attached hydrogens (tertiary/aromatic N) is 1. The number of carbonyl (C=O) groups excluding carboxylic acids is 1. The number of benzene rings is 2. The third-order valence-corrected chi connectivity index (χ3v) is 4.85. The van der Waals surface area contributed by atoms with Crippen LogP contribution in [0.1, 0.15) is 19.4 Å². The Kier molecular flexibility index (Phi) is 6.04. The smallest absolute Gasteiger partial charge is 0.271 e. The Morgan fingerprint density at radius 2 is 1.89 bits per heavy atom. The van der Waals surface area contributed by atoms with Crippen LogP contribution in [0.4, 0.5) is 10.1 Å². The highest BCUT2D eigenvalue weighted by Crippen LogP contribution is 2.36. The molecule has 0 spiro atoms. The minimum atomic E-state index is -0.391. The molecule has 1 aliphatic heterocycles.